The molecule has 1 unspecified atom stereocenters. The van der Waals surface area contributed by atoms with Crippen LogP contribution in [0.15, 0.2) is 0 Å². The molecule has 2 aliphatic heterocycles. The van der Waals surface area contributed by atoms with Gasteiger partial charge in [0.25, 0.3) is 0 Å². The third-order valence-electron chi connectivity index (χ3n) is 4.80. The number of likely N-dealkylation sites (tertiary alicyclic amines) is 2. The van der Waals surface area contributed by atoms with E-state index >= 15 is 0 Å². The average molecular weight is 309 g/mol. The van der Waals surface area contributed by atoms with Gasteiger partial charge in [-0.2, -0.15) is 0 Å². The first kappa shape index (κ1) is 16.8. The number of rotatable bonds is 4. The first-order valence-electron chi connectivity index (χ1n) is 8.29. The molecule has 22 heavy (non-hydrogen) atoms. The summed E-state index contributed by atoms with van der Waals surface area (Å²) < 4.78 is 0. The SMILES string of the molecule is CC(=O)NCCC1CCN(C(=O)C2CCCN2C(C)=O)CC1. The highest BCUT2D eigenvalue weighted by Crippen LogP contribution is 2.24. The highest BCUT2D eigenvalue weighted by molar-refractivity contribution is 5.87. The van der Waals surface area contributed by atoms with E-state index in [0.29, 0.717) is 19.0 Å². The second kappa shape index (κ2) is 7.61. The van der Waals surface area contributed by atoms with Gasteiger partial charge in [0.2, 0.25) is 17.7 Å². The van der Waals surface area contributed by atoms with Crippen molar-refractivity contribution < 1.29 is 14.4 Å². The van der Waals surface area contributed by atoms with Gasteiger partial charge < -0.3 is 15.1 Å². The number of carbonyl (C=O) groups is 3. The van der Waals surface area contributed by atoms with Crippen molar-refractivity contribution in [1.82, 2.24) is 15.1 Å². The van der Waals surface area contributed by atoms with Crippen molar-refractivity contribution in [2.24, 2.45) is 5.92 Å². The standard InChI is InChI=1S/C16H27N3O3/c1-12(20)17-8-5-14-6-10-18(11-7-14)16(22)15-4-3-9-19(15)13(2)21/h14-15H,3-11H2,1-2H3,(H,17,20). The van der Waals surface area contributed by atoms with Crippen LogP contribution >= 0.6 is 0 Å². The third kappa shape index (κ3) is 4.21. The third-order valence-corrected chi connectivity index (χ3v) is 4.80. The van der Waals surface area contributed by atoms with Crippen LogP contribution in [0, 0.1) is 5.92 Å². The van der Waals surface area contributed by atoms with E-state index in [-0.39, 0.29) is 23.8 Å². The molecule has 3 amide bonds. The van der Waals surface area contributed by atoms with Crippen LogP contribution in [0.2, 0.25) is 0 Å². The topological polar surface area (TPSA) is 69.7 Å². The molecule has 2 rings (SSSR count). The van der Waals surface area contributed by atoms with Crippen molar-refractivity contribution in [2.45, 2.75) is 52.0 Å². The van der Waals surface area contributed by atoms with E-state index in [1.807, 2.05) is 4.90 Å². The molecule has 2 fully saturated rings. The minimum absolute atomic E-state index is 0.000966. The van der Waals surface area contributed by atoms with Gasteiger partial charge >= 0.3 is 0 Å². The lowest BCUT2D eigenvalue weighted by Gasteiger charge is -2.35. The molecule has 0 aromatic carbocycles. The summed E-state index contributed by atoms with van der Waals surface area (Å²) in [6.45, 7) is 6.04. The molecule has 0 radical (unpaired) electrons. The molecule has 124 valence electrons. The van der Waals surface area contributed by atoms with E-state index in [0.717, 1.165) is 45.2 Å². The minimum atomic E-state index is -0.242. The lowest BCUT2D eigenvalue weighted by atomic mass is 9.93. The minimum Gasteiger partial charge on any atom is -0.356 e. The summed E-state index contributed by atoms with van der Waals surface area (Å²) in [6, 6.07) is -0.242. The summed E-state index contributed by atoms with van der Waals surface area (Å²) in [5.41, 5.74) is 0. The molecule has 1 atom stereocenters. The second-order valence-corrected chi connectivity index (χ2v) is 6.41. The Labute approximate surface area is 132 Å². The van der Waals surface area contributed by atoms with Gasteiger partial charge in [-0.1, -0.05) is 0 Å². The largest absolute Gasteiger partial charge is 0.356 e. The highest BCUT2D eigenvalue weighted by Gasteiger charge is 2.36. The predicted molar refractivity (Wildman–Crippen MR) is 83.0 cm³/mol. The van der Waals surface area contributed by atoms with E-state index in [4.69, 9.17) is 0 Å². The number of amides is 3. The summed E-state index contributed by atoms with van der Waals surface area (Å²) in [6.07, 6.45) is 4.66. The van der Waals surface area contributed by atoms with Gasteiger partial charge in [-0.05, 0) is 38.0 Å². The Morgan fingerprint density at radius 3 is 2.32 bits per heavy atom. The molecule has 0 aromatic heterocycles. The average Bonchev–Trinajstić information content (AvgIpc) is 2.96. The number of nitrogens with one attached hydrogen (secondary N) is 1. The van der Waals surface area contributed by atoms with Crippen molar-refractivity contribution in [3.8, 4) is 0 Å². The molecule has 0 aromatic rings. The zero-order valence-corrected chi connectivity index (χ0v) is 13.6. The predicted octanol–water partition coefficient (Wildman–Crippen LogP) is 0.762. The molecule has 2 heterocycles. The normalized spacial score (nSPS) is 22.7. The van der Waals surface area contributed by atoms with Gasteiger partial charge in [0.1, 0.15) is 6.04 Å². The molecule has 2 aliphatic rings. The molecular formula is C16H27N3O3. The van der Waals surface area contributed by atoms with E-state index in [2.05, 4.69) is 5.32 Å². The zero-order chi connectivity index (χ0) is 16.1. The number of hydrogen-bond acceptors (Lipinski definition) is 3. The maximum atomic E-state index is 12.6. The summed E-state index contributed by atoms with van der Waals surface area (Å²) in [7, 11) is 0. The van der Waals surface area contributed by atoms with Crippen LogP contribution in [0.5, 0.6) is 0 Å². The second-order valence-electron chi connectivity index (χ2n) is 6.41. The maximum Gasteiger partial charge on any atom is 0.245 e. The van der Waals surface area contributed by atoms with Crippen LogP contribution in [0.4, 0.5) is 0 Å². The van der Waals surface area contributed by atoms with Crippen molar-refractivity contribution in [3.63, 3.8) is 0 Å². The Morgan fingerprint density at radius 2 is 1.73 bits per heavy atom. The van der Waals surface area contributed by atoms with Crippen LogP contribution in [0.25, 0.3) is 0 Å². The molecular weight excluding hydrogens is 282 g/mol. The molecule has 6 heteroatoms. The first-order chi connectivity index (χ1) is 10.5. The smallest absolute Gasteiger partial charge is 0.245 e. The highest BCUT2D eigenvalue weighted by atomic mass is 16.2. The monoisotopic (exact) mass is 309 g/mol. The van der Waals surface area contributed by atoms with Crippen molar-refractivity contribution >= 4 is 17.7 Å². The Bertz CT molecular complexity index is 430. The summed E-state index contributed by atoms with van der Waals surface area (Å²) in [5, 5.41) is 2.83. The zero-order valence-electron chi connectivity index (χ0n) is 13.6. The molecule has 2 saturated heterocycles. The van der Waals surface area contributed by atoms with Gasteiger partial charge in [-0.3, -0.25) is 14.4 Å². The summed E-state index contributed by atoms with van der Waals surface area (Å²) in [5.74, 6) is 0.704. The Balaban J connectivity index is 1.77. The summed E-state index contributed by atoms with van der Waals surface area (Å²) in [4.78, 5) is 38.7. The Morgan fingerprint density at radius 1 is 1.05 bits per heavy atom. The fourth-order valence-corrected chi connectivity index (χ4v) is 3.51. The van der Waals surface area contributed by atoms with Gasteiger partial charge in [-0.15, -0.1) is 0 Å². The van der Waals surface area contributed by atoms with E-state index < -0.39 is 0 Å². The molecule has 0 spiro atoms. The van der Waals surface area contributed by atoms with Crippen LogP contribution < -0.4 is 5.32 Å². The van der Waals surface area contributed by atoms with Gasteiger partial charge in [0, 0.05) is 40.0 Å². The number of piperidine rings is 1. The Hall–Kier alpha value is -1.59. The number of hydrogen-bond donors (Lipinski definition) is 1. The van der Waals surface area contributed by atoms with Crippen molar-refractivity contribution in [3.05, 3.63) is 0 Å². The lowest BCUT2D eigenvalue weighted by Crippen LogP contribution is -2.49. The molecule has 6 nitrogen and oxygen atoms in total. The molecule has 0 aliphatic carbocycles. The van der Waals surface area contributed by atoms with E-state index in [9.17, 15) is 14.4 Å². The van der Waals surface area contributed by atoms with E-state index in [1.165, 1.54) is 6.92 Å². The van der Waals surface area contributed by atoms with Gasteiger partial charge in [-0.25, -0.2) is 0 Å². The number of nitrogens with zero attached hydrogens (tertiary/aromatic N) is 2. The fraction of sp³-hybridized carbons (Fsp3) is 0.812. The quantitative estimate of drug-likeness (QED) is 0.833. The lowest BCUT2D eigenvalue weighted by molar-refractivity contribution is -0.143. The fourth-order valence-electron chi connectivity index (χ4n) is 3.51. The maximum absolute atomic E-state index is 12.6. The van der Waals surface area contributed by atoms with Crippen LogP contribution in [-0.2, 0) is 14.4 Å². The summed E-state index contributed by atoms with van der Waals surface area (Å²) >= 11 is 0. The van der Waals surface area contributed by atoms with Gasteiger partial charge in [0.15, 0.2) is 0 Å². The molecule has 0 bridgehead atoms. The first-order valence-corrected chi connectivity index (χ1v) is 8.29. The van der Waals surface area contributed by atoms with Crippen LogP contribution in [-0.4, -0.2) is 59.7 Å². The molecule has 0 saturated carbocycles. The van der Waals surface area contributed by atoms with Crippen LogP contribution in [0.1, 0.15) is 46.0 Å². The van der Waals surface area contributed by atoms with Crippen LogP contribution in [0.3, 0.4) is 0 Å². The van der Waals surface area contributed by atoms with Crippen molar-refractivity contribution in [2.75, 3.05) is 26.2 Å². The van der Waals surface area contributed by atoms with E-state index in [1.54, 1.807) is 11.8 Å². The number of carbonyl (C=O) groups excluding carboxylic acids is 3. The molecule has 1 N–H and O–H groups in total. The van der Waals surface area contributed by atoms with Crippen molar-refractivity contribution in [1.29, 1.82) is 0 Å². The van der Waals surface area contributed by atoms with Gasteiger partial charge in [0.05, 0.1) is 0 Å². The Kier molecular flexibility index (Phi) is 5.80.